The Bertz CT molecular complexity index is 2610. The molecule has 196 valence electrons. The molecular weight excluding hydrogens is 560 g/mol. The maximum absolute atomic E-state index is 13.7. The highest BCUT2D eigenvalue weighted by atomic mass is 32.2. The molecule has 8 aromatic rings. The number of hydrogen-bond acceptors (Lipinski definition) is 8. The maximum atomic E-state index is 13.7. The molecule has 0 bridgehead atoms. The van der Waals surface area contributed by atoms with Crippen LogP contribution in [0.15, 0.2) is 80.0 Å². The highest BCUT2D eigenvalue weighted by Gasteiger charge is 2.23. The Morgan fingerprint density at radius 1 is 0.550 bits per heavy atom. The predicted molar refractivity (Wildman–Crippen MR) is 146 cm³/mol. The summed E-state index contributed by atoms with van der Waals surface area (Å²) in [5, 5.41) is 2.61. The van der Waals surface area contributed by atoms with Gasteiger partial charge in [-0.3, -0.25) is 27.5 Å². The van der Waals surface area contributed by atoms with E-state index < -0.39 is 31.4 Å². The van der Waals surface area contributed by atoms with E-state index in [-0.39, 0.29) is 32.1 Å². The van der Waals surface area contributed by atoms with Crippen molar-refractivity contribution >= 4 is 85.9 Å². The molecule has 4 aromatic heterocycles. The van der Waals surface area contributed by atoms with Gasteiger partial charge in [-0.1, -0.05) is 0 Å². The van der Waals surface area contributed by atoms with Crippen molar-refractivity contribution < 1.29 is 25.9 Å². The number of hydrogen-bond donors (Lipinski definition) is 2. The smallest absolute Gasteiger partial charge is 0.282 e. The standard InChI is InChI=1S/C26H12N4O8S2/c31-25-15-5-4-14-22-16(26(32)30-20-8-2-12(40(36,37)38)10-18(20)28-24(14)30)6-3-13(21(15)22)23-27-17-9-11(39(33,34)35)1-7-19(17)29(23)25/h1-10H,(H,33,34,35)(H,36,37,38). The number of benzene rings is 4. The number of nitrogens with zero attached hydrogens (tertiary/aromatic N) is 4. The van der Waals surface area contributed by atoms with Crippen molar-refractivity contribution in [1.29, 1.82) is 0 Å². The summed E-state index contributed by atoms with van der Waals surface area (Å²) in [6.45, 7) is 0. The van der Waals surface area contributed by atoms with Gasteiger partial charge in [0.1, 0.15) is 11.3 Å². The minimum Gasteiger partial charge on any atom is -0.282 e. The zero-order valence-electron chi connectivity index (χ0n) is 19.7. The minimum atomic E-state index is -4.50. The largest absolute Gasteiger partial charge is 0.294 e. The molecule has 0 radical (unpaired) electrons. The molecule has 0 aliphatic carbocycles. The van der Waals surface area contributed by atoms with Crippen molar-refractivity contribution in [3.05, 3.63) is 81.4 Å². The molecule has 0 amide bonds. The number of imidazole rings is 2. The van der Waals surface area contributed by atoms with E-state index in [2.05, 4.69) is 9.97 Å². The fourth-order valence-electron chi connectivity index (χ4n) is 5.68. The normalized spacial score (nSPS) is 13.3. The summed E-state index contributed by atoms with van der Waals surface area (Å²) in [5.41, 5.74) is 0.681. The Morgan fingerprint density at radius 2 is 0.925 bits per heavy atom. The van der Waals surface area contributed by atoms with Crippen LogP contribution in [0.1, 0.15) is 0 Å². The van der Waals surface area contributed by atoms with Crippen LogP contribution in [0.5, 0.6) is 0 Å². The van der Waals surface area contributed by atoms with Gasteiger partial charge in [-0.15, -0.1) is 0 Å². The summed E-state index contributed by atoms with van der Waals surface area (Å²) < 4.78 is 68.3. The first-order chi connectivity index (χ1) is 18.9. The summed E-state index contributed by atoms with van der Waals surface area (Å²) in [7, 11) is -8.99. The van der Waals surface area contributed by atoms with Gasteiger partial charge in [0.25, 0.3) is 31.4 Å². The van der Waals surface area contributed by atoms with Gasteiger partial charge in [0, 0.05) is 32.3 Å². The molecule has 40 heavy (non-hydrogen) atoms. The van der Waals surface area contributed by atoms with Gasteiger partial charge in [-0.25, -0.2) is 9.97 Å². The molecule has 0 aliphatic rings. The third-order valence-corrected chi connectivity index (χ3v) is 9.06. The zero-order chi connectivity index (χ0) is 27.9. The maximum Gasteiger partial charge on any atom is 0.294 e. The molecule has 12 nitrogen and oxygen atoms in total. The van der Waals surface area contributed by atoms with E-state index in [1.54, 1.807) is 24.3 Å². The van der Waals surface area contributed by atoms with E-state index in [1.165, 1.54) is 45.2 Å². The van der Waals surface area contributed by atoms with Gasteiger partial charge in [-0.05, 0) is 60.7 Å². The number of fused-ring (bicyclic) bond motifs is 8. The van der Waals surface area contributed by atoms with Gasteiger partial charge in [0.2, 0.25) is 0 Å². The van der Waals surface area contributed by atoms with Crippen LogP contribution in [0.25, 0.3) is 65.7 Å². The zero-order valence-corrected chi connectivity index (χ0v) is 21.4. The summed E-state index contributed by atoms with van der Waals surface area (Å²) in [6, 6.07) is 14.1. The van der Waals surface area contributed by atoms with Gasteiger partial charge in [0.15, 0.2) is 0 Å². The quantitative estimate of drug-likeness (QED) is 0.231. The van der Waals surface area contributed by atoms with Crippen molar-refractivity contribution in [2.45, 2.75) is 9.79 Å². The van der Waals surface area contributed by atoms with Crippen LogP contribution in [0.3, 0.4) is 0 Å². The van der Waals surface area contributed by atoms with Crippen molar-refractivity contribution in [3.8, 4) is 0 Å². The molecule has 0 spiro atoms. The van der Waals surface area contributed by atoms with E-state index in [0.717, 1.165) is 0 Å². The number of pyridine rings is 2. The lowest BCUT2D eigenvalue weighted by Crippen LogP contribution is -2.16. The van der Waals surface area contributed by atoms with Gasteiger partial charge in [0.05, 0.1) is 31.9 Å². The molecule has 0 saturated heterocycles. The fraction of sp³-hybridized carbons (Fsp3) is 0. The molecule has 0 unspecified atom stereocenters. The molecule has 0 atom stereocenters. The lowest BCUT2D eigenvalue weighted by atomic mass is 9.96. The summed E-state index contributed by atoms with van der Waals surface area (Å²) in [6.07, 6.45) is 0. The average Bonchev–Trinajstić information content (AvgIpc) is 3.48. The van der Waals surface area contributed by atoms with Crippen molar-refractivity contribution in [2.24, 2.45) is 0 Å². The Balaban J connectivity index is 1.57. The molecule has 0 saturated carbocycles. The van der Waals surface area contributed by atoms with Crippen molar-refractivity contribution in [1.82, 2.24) is 18.8 Å². The molecule has 0 aliphatic heterocycles. The lowest BCUT2D eigenvalue weighted by molar-refractivity contribution is 0.481. The highest BCUT2D eigenvalue weighted by Crippen LogP contribution is 2.37. The van der Waals surface area contributed by atoms with Crippen LogP contribution in [0.4, 0.5) is 0 Å². The first-order valence-electron chi connectivity index (χ1n) is 11.6. The third-order valence-electron chi connectivity index (χ3n) is 7.36. The van der Waals surface area contributed by atoms with E-state index in [0.29, 0.717) is 43.4 Å². The van der Waals surface area contributed by atoms with E-state index in [1.807, 2.05) is 0 Å². The van der Waals surface area contributed by atoms with Crippen LogP contribution >= 0.6 is 0 Å². The third kappa shape index (κ3) is 2.79. The molecule has 0 fully saturated rings. The topological polar surface area (TPSA) is 177 Å². The Hall–Kier alpha value is -4.76. The van der Waals surface area contributed by atoms with Crippen LogP contribution in [-0.4, -0.2) is 44.7 Å². The molecule has 4 aromatic carbocycles. The Kier molecular flexibility index (Phi) is 4.08. The molecule has 2 N–H and O–H groups in total. The van der Waals surface area contributed by atoms with Crippen LogP contribution < -0.4 is 11.1 Å². The van der Waals surface area contributed by atoms with E-state index >= 15 is 0 Å². The van der Waals surface area contributed by atoms with Gasteiger partial charge < -0.3 is 0 Å². The highest BCUT2D eigenvalue weighted by molar-refractivity contribution is 7.86. The monoisotopic (exact) mass is 572 g/mol. The summed E-state index contributed by atoms with van der Waals surface area (Å²) in [5.74, 6) is 0. The SMILES string of the molecule is O=c1c2ccc3c4c(ccc(c24)c2nc4cc(S(=O)(=O)O)ccc4n12)c(=O)n1c2ccc(S(=O)(=O)O)cc2nc31. The predicted octanol–water partition coefficient (Wildman–Crippen LogP) is 2.84. The van der Waals surface area contributed by atoms with Crippen LogP contribution in [-0.2, 0) is 20.2 Å². The van der Waals surface area contributed by atoms with Crippen molar-refractivity contribution in [3.63, 3.8) is 0 Å². The van der Waals surface area contributed by atoms with E-state index in [4.69, 9.17) is 0 Å². The number of rotatable bonds is 2. The second-order valence-corrected chi connectivity index (χ2v) is 12.3. The first-order valence-corrected chi connectivity index (χ1v) is 14.5. The minimum absolute atomic E-state index is 0.184. The van der Waals surface area contributed by atoms with Crippen molar-refractivity contribution in [2.75, 3.05) is 0 Å². The molecule has 14 heteroatoms. The molecular formula is C26H12N4O8S2. The molecule has 8 rings (SSSR count). The fourth-order valence-corrected chi connectivity index (χ4v) is 6.68. The van der Waals surface area contributed by atoms with Gasteiger partial charge >= 0.3 is 0 Å². The Labute approximate surface area is 221 Å². The Morgan fingerprint density at radius 3 is 1.30 bits per heavy atom. The first kappa shape index (κ1) is 23.2. The van der Waals surface area contributed by atoms with Crippen LogP contribution in [0.2, 0.25) is 0 Å². The number of aromatic nitrogens is 4. The lowest BCUT2D eigenvalue weighted by Gasteiger charge is -2.12. The van der Waals surface area contributed by atoms with Gasteiger partial charge in [-0.2, -0.15) is 16.8 Å². The summed E-state index contributed by atoms with van der Waals surface area (Å²) in [4.78, 5) is 35.8. The van der Waals surface area contributed by atoms with E-state index in [9.17, 15) is 35.5 Å². The summed E-state index contributed by atoms with van der Waals surface area (Å²) >= 11 is 0. The average molecular weight is 573 g/mol. The second-order valence-electron chi connectivity index (χ2n) is 9.47. The molecule has 4 heterocycles. The van der Waals surface area contributed by atoms with Crippen LogP contribution in [0, 0.1) is 0 Å². The second kappa shape index (κ2) is 7.05.